The molecule has 1 aliphatic rings. The molecule has 1 aromatic carbocycles. The number of hydrogen-bond donors (Lipinski definition) is 2. The molecule has 0 spiro atoms. The first-order valence-electron chi connectivity index (χ1n) is 8.29. The number of carbonyl (C=O) groups excluding carboxylic acids is 5. The van der Waals surface area contributed by atoms with Crippen molar-refractivity contribution in [1.82, 2.24) is 15.1 Å². The van der Waals surface area contributed by atoms with Crippen LogP contribution in [0.4, 0.5) is 15.3 Å². The Labute approximate surface area is 155 Å². The largest absolute Gasteiger partial charge is 0.497 e. The predicted octanol–water partition coefficient (Wildman–Crippen LogP) is 0.934. The summed E-state index contributed by atoms with van der Waals surface area (Å²) in [6.45, 7) is 1.26. The van der Waals surface area contributed by atoms with E-state index in [4.69, 9.17) is 4.74 Å². The van der Waals surface area contributed by atoms with Crippen molar-refractivity contribution in [2.45, 2.75) is 19.8 Å². The number of ether oxygens (including phenoxy) is 1. The Bertz CT molecular complexity index is 761. The molecule has 1 aromatic rings. The van der Waals surface area contributed by atoms with E-state index in [1.165, 1.54) is 7.11 Å². The summed E-state index contributed by atoms with van der Waals surface area (Å²) in [5.74, 6) is -2.35. The average molecular weight is 376 g/mol. The van der Waals surface area contributed by atoms with Gasteiger partial charge in [0.25, 0.3) is 0 Å². The molecule has 1 fully saturated rings. The second-order valence-electron chi connectivity index (χ2n) is 5.72. The number of carbonyl (C=O) groups is 5. The summed E-state index contributed by atoms with van der Waals surface area (Å²) in [6, 6.07) is 4.69. The number of nitrogens with zero attached hydrogens (tertiary/aromatic N) is 2. The van der Waals surface area contributed by atoms with Crippen LogP contribution in [0.2, 0.25) is 0 Å². The molecule has 0 bridgehead atoms. The van der Waals surface area contributed by atoms with E-state index in [2.05, 4.69) is 5.32 Å². The zero-order valence-electron chi connectivity index (χ0n) is 15.0. The fourth-order valence-electron chi connectivity index (χ4n) is 2.35. The Balaban J connectivity index is 1.90. The quantitative estimate of drug-likeness (QED) is 0.539. The SMILES string of the molecule is CCCCN1C(=O)C(=O)N(CC(=O)NC(=O)Nc2ccc(OC)cc2)C1=O. The molecule has 1 saturated heterocycles. The molecule has 1 heterocycles. The van der Waals surface area contributed by atoms with Crippen molar-refractivity contribution in [3.8, 4) is 5.75 Å². The third-order valence-electron chi connectivity index (χ3n) is 3.77. The lowest BCUT2D eigenvalue weighted by atomic mass is 10.3. The van der Waals surface area contributed by atoms with Crippen molar-refractivity contribution >= 4 is 35.5 Å². The van der Waals surface area contributed by atoms with Crippen LogP contribution in [0.15, 0.2) is 24.3 Å². The van der Waals surface area contributed by atoms with E-state index in [1.54, 1.807) is 24.3 Å². The van der Waals surface area contributed by atoms with E-state index in [-0.39, 0.29) is 6.54 Å². The first-order chi connectivity index (χ1) is 12.9. The Morgan fingerprint density at radius 1 is 1.04 bits per heavy atom. The Morgan fingerprint density at radius 3 is 2.26 bits per heavy atom. The van der Waals surface area contributed by atoms with Crippen LogP contribution in [0.5, 0.6) is 5.75 Å². The third kappa shape index (κ3) is 4.81. The zero-order chi connectivity index (χ0) is 20.0. The maximum Gasteiger partial charge on any atom is 0.334 e. The predicted molar refractivity (Wildman–Crippen MR) is 93.9 cm³/mol. The molecule has 2 rings (SSSR count). The maximum absolute atomic E-state index is 12.1. The standard InChI is InChI=1S/C17H20N4O6/c1-3-4-9-20-14(23)15(24)21(17(20)26)10-13(22)19-16(25)18-11-5-7-12(27-2)8-6-11/h5-8H,3-4,9-10H2,1-2H3,(H2,18,19,22,25). The lowest BCUT2D eigenvalue weighted by Crippen LogP contribution is -2.44. The van der Waals surface area contributed by atoms with Gasteiger partial charge in [0.05, 0.1) is 7.11 Å². The summed E-state index contributed by atoms with van der Waals surface area (Å²) < 4.78 is 4.99. The number of unbranched alkanes of at least 4 members (excludes halogenated alkanes) is 1. The van der Waals surface area contributed by atoms with Gasteiger partial charge < -0.3 is 10.1 Å². The van der Waals surface area contributed by atoms with Gasteiger partial charge in [-0.3, -0.25) is 24.6 Å². The topological polar surface area (TPSA) is 125 Å². The van der Waals surface area contributed by atoms with Crippen molar-refractivity contribution in [2.24, 2.45) is 0 Å². The van der Waals surface area contributed by atoms with Gasteiger partial charge in [0.1, 0.15) is 12.3 Å². The minimum atomic E-state index is -1.08. The second-order valence-corrected chi connectivity index (χ2v) is 5.72. The summed E-state index contributed by atoms with van der Waals surface area (Å²) in [4.78, 5) is 60.9. The van der Waals surface area contributed by atoms with Gasteiger partial charge >= 0.3 is 23.9 Å². The molecule has 0 unspecified atom stereocenters. The number of anilines is 1. The van der Waals surface area contributed by atoms with Gasteiger partial charge in [0, 0.05) is 12.2 Å². The number of imide groups is 3. The van der Waals surface area contributed by atoms with Crippen LogP contribution in [0, 0.1) is 0 Å². The molecule has 10 nitrogen and oxygen atoms in total. The van der Waals surface area contributed by atoms with E-state index in [0.29, 0.717) is 22.8 Å². The number of rotatable bonds is 7. The van der Waals surface area contributed by atoms with Gasteiger partial charge in [-0.25, -0.2) is 14.5 Å². The summed E-state index contributed by atoms with van der Waals surface area (Å²) in [5, 5.41) is 4.43. The number of benzene rings is 1. The summed E-state index contributed by atoms with van der Waals surface area (Å²) in [6.07, 6.45) is 1.28. The monoisotopic (exact) mass is 376 g/mol. The van der Waals surface area contributed by atoms with Gasteiger partial charge in [-0.05, 0) is 30.7 Å². The van der Waals surface area contributed by atoms with E-state index >= 15 is 0 Å². The third-order valence-corrected chi connectivity index (χ3v) is 3.77. The normalized spacial score (nSPS) is 13.8. The fourth-order valence-corrected chi connectivity index (χ4v) is 2.35. The maximum atomic E-state index is 12.1. The van der Waals surface area contributed by atoms with Crippen molar-refractivity contribution in [3.63, 3.8) is 0 Å². The van der Waals surface area contributed by atoms with Crippen molar-refractivity contribution < 1.29 is 28.7 Å². The van der Waals surface area contributed by atoms with Gasteiger partial charge in [0.15, 0.2) is 0 Å². The number of methoxy groups -OCH3 is 1. The van der Waals surface area contributed by atoms with Gasteiger partial charge in [-0.1, -0.05) is 13.3 Å². The Morgan fingerprint density at radius 2 is 1.67 bits per heavy atom. The highest BCUT2D eigenvalue weighted by Gasteiger charge is 2.44. The molecule has 2 N–H and O–H groups in total. The van der Waals surface area contributed by atoms with Crippen LogP contribution in [0.3, 0.4) is 0 Å². The van der Waals surface area contributed by atoms with E-state index < -0.39 is 36.3 Å². The van der Waals surface area contributed by atoms with Crippen LogP contribution in [-0.2, 0) is 14.4 Å². The molecule has 0 radical (unpaired) electrons. The lowest BCUT2D eigenvalue weighted by Gasteiger charge is -2.15. The highest BCUT2D eigenvalue weighted by atomic mass is 16.5. The number of nitrogens with one attached hydrogen (secondary N) is 2. The van der Waals surface area contributed by atoms with Crippen LogP contribution in [-0.4, -0.2) is 59.8 Å². The first-order valence-corrected chi connectivity index (χ1v) is 8.29. The highest BCUT2D eigenvalue weighted by molar-refractivity contribution is 6.45. The van der Waals surface area contributed by atoms with Gasteiger partial charge in [-0.15, -0.1) is 0 Å². The smallest absolute Gasteiger partial charge is 0.334 e. The Kier molecular flexibility index (Phi) is 6.47. The summed E-state index contributed by atoms with van der Waals surface area (Å²) >= 11 is 0. The van der Waals surface area contributed by atoms with E-state index in [0.717, 1.165) is 11.3 Å². The first kappa shape index (κ1) is 19.9. The summed E-state index contributed by atoms with van der Waals surface area (Å²) in [5.41, 5.74) is 0.412. The van der Waals surface area contributed by atoms with Gasteiger partial charge in [0.2, 0.25) is 5.91 Å². The fraction of sp³-hybridized carbons (Fsp3) is 0.353. The molecule has 0 atom stereocenters. The molecule has 144 valence electrons. The molecular weight excluding hydrogens is 356 g/mol. The zero-order valence-corrected chi connectivity index (χ0v) is 15.0. The molecule has 0 saturated carbocycles. The second kappa shape index (κ2) is 8.79. The van der Waals surface area contributed by atoms with Crippen LogP contribution in [0.25, 0.3) is 0 Å². The van der Waals surface area contributed by atoms with Crippen molar-refractivity contribution in [1.29, 1.82) is 0 Å². The molecule has 7 amide bonds. The minimum absolute atomic E-state index is 0.107. The molecule has 27 heavy (non-hydrogen) atoms. The van der Waals surface area contributed by atoms with Crippen LogP contribution >= 0.6 is 0 Å². The number of amides is 7. The van der Waals surface area contributed by atoms with Crippen LogP contribution in [0.1, 0.15) is 19.8 Å². The van der Waals surface area contributed by atoms with E-state index in [1.807, 2.05) is 12.2 Å². The van der Waals surface area contributed by atoms with Crippen molar-refractivity contribution in [2.75, 3.05) is 25.5 Å². The highest BCUT2D eigenvalue weighted by Crippen LogP contribution is 2.15. The van der Waals surface area contributed by atoms with Gasteiger partial charge in [-0.2, -0.15) is 0 Å². The lowest BCUT2D eigenvalue weighted by molar-refractivity contribution is -0.143. The molecule has 0 aromatic heterocycles. The van der Waals surface area contributed by atoms with Crippen LogP contribution < -0.4 is 15.4 Å². The molecule has 1 aliphatic heterocycles. The average Bonchev–Trinajstić information content (AvgIpc) is 2.84. The Hall–Kier alpha value is -3.43. The number of hydrogen-bond acceptors (Lipinski definition) is 6. The molecule has 10 heteroatoms. The minimum Gasteiger partial charge on any atom is -0.497 e. The molecule has 0 aliphatic carbocycles. The van der Waals surface area contributed by atoms with Crippen molar-refractivity contribution in [3.05, 3.63) is 24.3 Å². The van der Waals surface area contributed by atoms with E-state index in [9.17, 15) is 24.0 Å². The summed E-state index contributed by atoms with van der Waals surface area (Å²) in [7, 11) is 1.50. The molecular formula is C17H20N4O6. The number of urea groups is 2.